The number of nitrogens with zero attached hydrogens (tertiary/aromatic N) is 3. The third-order valence-corrected chi connectivity index (χ3v) is 3.57. The van der Waals surface area contributed by atoms with Crippen molar-refractivity contribution in [2.24, 2.45) is 4.99 Å². The van der Waals surface area contributed by atoms with Gasteiger partial charge in [0.05, 0.1) is 5.69 Å². The van der Waals surface area contributed by atoms with Crippen molar-refractivity contribution in [3.05, 3.63) is 29.8 Å². The molecule has 0 atom stereocenters. The Kier molecular flexibility index (Phi) is 4.26. The molecule has 2 N–H and O–H groups in total. The molecule has 1 aliphatic heterocycles. The fourth-order valence-electron chi connectivity index (χ4n) is 2.38. The maximum Gasteiger partial charge on any atom is 0.213 e. The van der Waals surface area contributed by atoms with Gasteiger partial charge in [0.1, 0.15) is 0 Å². The minimum atomic E-state index is -0.0797. The molecule has 1 saturated heterocycles. The number of piperazine rings is 1. The van der Waals surface area contributed by atoms with Crippen LogP contribution in [0.15, 0.2) is 29.3 Å². The summed E-state index contributed by atoms with van der Waals surface area (Å²) in [6.07, 6.45) is 2.00. The summed E-state index contributed by atoms with van der Waals surface area (Å²) in [4.78, 5) is 6.80. The van der Waals surface area contributed by atoms with Gasteiger partial charge in [-0.05, 0) is 32.4 Å². The molecule has 106 valence electrons. The van der Waals surface area contributed by atoms with Gasteiger partial charge in [-0.1, -0.05) is 18.2 Å². The Balaban J connectivity index is 2.36. The van der Waals surface area contributed by atoms with Crippen LogP contribution in [0.25, 0.3) is 0 Å². The number of aryl methyl sites for hydroxylation is 1. The van der Waals surface area contributed by atoms with E-state index in [2.05, 4.69) is 34.4 Å². The molecule has 0 unspecified atom stereocenters. The van der Waals surface area contributed by atoms with Crippen LogP contribution in [0.2, 0.25) is 0 Å². The quantitative estimate of drug-likeness (QED) is 0.353. The first-order valence-corrected chi connectivity index (χ1v) is 6.82. The molecule has 1 fully saturated rings. The first-order chi connectivity index (χ1) is 9.54. The van der Waals surface area contributed by atoms with E-state index in [1.165, 1.54) is 0 Å². The lowest BCUT2D eigenvalue weighted by atomic mass is 10.0. The molecule has 5 nitrogen and oxygen atoms in total. The molecule has 0 aliphatic carbocycles. The van der Waals surface area contributed by atoms with E-state index in [1.54, 1.807) is 0 Å². The molecule has 0 saturated carbocycles. The zero-order chi connectivity index (χ0) is 14.6. The van der Waals surface area contributed by atoms with Crippen LogP contribution in [0, 0.1) is 18.4 Å². The van der Waals surface area contributed by atoms with Gasteiger partial charge in [-0.2, -0.15) is 5.26 Å². The van der Waals surface area contributed by atoms with E-state index in [9.17, 15) is 0 Å². The molecule has 2 rings (SSSR count). The number of benzene rings is 1. The van der Waals surface area contributed by atoms with E-state index in [1.807, 2.05) is 37.4 Å². The molecule has 0 amide bonds. The highest BCUT2D eigenvalue weighted by Gasteiger charge is 2.32. The summed E-state index contributed by atoms with van der Waals surface area (Å²) < 4.78 is 0. The molecule has 5 heteroatoms. The van der Waals surface area contributed by atoms with Crippen LogP contribution in [-0.4, -0.2) is 36.0 Å². The topological polar surface area (TPSA) is 63.5 Å². The molecule has 0 aromatic heterocycles. The van der Waals surface area contributed by atoms with Crippen molar-refractivity contribution < 1.29 is 0 Å². The predicted octanol–water partition coefficient (Wildman–Crippen LogP) is 1.74. The van der Waals surface area contributed by atoms with E-state index in [4.69, 9.17) is 5.26 Å². The van der Waals surface area contributed by atoms with Crippen molar-refractivity contribution >= 4 is 11.6 Å². The van der Waals surface area contributed by atoms with Gasteiger partial charge in [0, 0.05) is 25.2 Å². The van der Waals surface area contributed by atoms with Crippen molar-refractivity contribution in [1.82, 2.24) is 15.5 Å². The second kappa shape index (κ2) is 5.93. The molecule has 1 heterocycles. The van der Waals surface area contributed by atoms with Crippen LogP contribution >= 0.6 is 0 Å². The molecular weight excluding hydrogens is 250 g/mol. The summed E-state index contributed by atoms with van der Waals surface area (Å²) >= 11 is 0. The molecule has 1 aromatic carbocycles. The van der Waals surface area contributed by atoms with Crippen molar-refractivity contribution in [1.29, 1.82) is 5.26 Å². The van der Waals surface area contributed by atoms with Crippen molar-refractivity contribution in [2.75, 3.05) is 19.6 Å². The van der Waals surface area contributed by atoms with E-state index in [-0.39, 0.29) is 5.54 Å². The summed E-state index contributed by atoms with van der Waals surface area (Å²) in [5.41, 5.74) is 1.90. The van der Waals surface area contributed by atoms with Gasteiger partial charge in [-0.3, -0.25) is 5.32 Å². The molecular formula is C15H21N5. The molecule has 0 radical (unpaired) electrons. The van der Waals surface area contributed by atoms with E-state index in [0.717, 1.165) is 30.9 Å². The number of hydrogen-bond acceptors (Lipinski definition) is 3. The van der Waals surface area contributed by atoms with Crippen molar-refractivity contribution in [2.45, 2.75) is 26.3 Å². The highest BCUT2D eigenvalue weighted by atomic mass is 15.4. The first-order valence-electron chi connectivity index (χ1n) is 6.82. The average molecular weight is 271 g/mol. The largest absolute Gasteiger partial charge is 0.334 e. The number of hydrogen-bond donors (Lipinski definition) is 2. The van der Waals surface area contributed by atoms with Crippen LogP contribution < -0.4 is 10.6 Å². The monoisotopic (exact) mass is 271 g/mol. The number of rotatable bonds is 1. The fourth-order valence-corrected chi connectivity index (χ4v) is 2.38. The molecule has 1 aliphatic rings. The summed E-state index contributed by atoms with van der Waals surface area (Å²) in [6, 6.07) is 7.93. The summed E-state index contributed by atoms with van der Waals surface area (Å²) in [5, 5.41) is 15.1. The molecule has 0 spiro atoms. The van der Waals surface area contributed by atoms with E-state index < -0.39 is 0 Å². The second-order valence-electron chi connectivity index (χ2n) is 5.60. The van der Waals surface area contributed by atoms with Gasteiger partial charge in [0.25, 0.3) is 0 Å². The fraction of sp³-hybridized carbons (Fsp3) is 0.467. The lowest BCUT2D eigenvalue weighted by Crippen LogP contribution is -2.62. The smallest absolute Gasteiger partial charge is 0.213 e. The number of guanidine groups is 1. The Labute approximate surface area is 120 Å². The number of aliphatic imine (C=N–C) groups is 1. The van der Waals surface area contributed by atoms with E-state index in [0.29, 0.717) is 5.96 Å². The normalized spacial score (nSPS) is 18.5. The summed E-state index contributed by atoms with van der Waals surface area (Å²) in [7, 11) is 0. The van der Waals surface area contributed by atoms with Crippen LogP contribution in [-0.2, 0) is 0 Å². The maximum absolute atomic E-state index is 9.00. The number of nitriles is 1. The lowest BCUT2D eigenvalue weighted by molar-refractivity contribution is 0.169. The summed E-state index contributed by atoms with van der Waals surface area (Å²) in [6.45, 7) is 8.89. The second-order valence-corrected chi connectivity index (χ2v) is 5.60. The van der Waals surface area contributed by atoms with Crippen LogP contribution in [0.3, 0.4) is 0 Å². The van der Waals surface area contributed by atoms with E-state index >= 15 is 0 Å². The number of nitrogens with one attached hydrogen (secondary N) is 2. The van der Waals surface area contributed by atoms with Crippen molar-refractivity contribution in [3.8, 4) is 6.19 Å². The van der Waals surface area contributed by atoms with Crippen molar-refractivity contribution in [3.63, 3.8) is 0 Å². The zero-order valence-electron chi connectivity index (χ0n) is 12.3. The highest BCUT2D eigenvalue weighted by Crippen LogP contribution is 2.21. The van der Waals surface area contributed by atoms with Crippen LogP contribution in [0.4, 0.5) is 5.69 Å². The third-order valence-electron chi connectivity index (χ3n) is 3.57. The van der Waals surface area contributed by atoms with Crippen LogP contribution in [0.5, 0.6) is 0 Å². The Morgan fingerprint density at radius 1 is 1.45 bits per heavy atom. The Morgan fingerprint density at radius 2 is 2.20 bits per heavy atom. The minimum Gasteiger partial charge on any atom is -0.334 e. The van der Waals surface area contributed by atoms with Crippen LogP contribution in [0.1, 0.15) is 19.4 Å². The lowest BCUT2D eigenvalue weighted by Gasteiger charge is -2.43. The predicted molar refractivity (Wildman–Crippen MR) is 80.7 cm³/mol. The third kappa shape index (κ3) is 3.09. The average Bonchev–Trinajstić information content (AvgIpc) is 2.40. The Hall–Kier alpha value is -2.06. The Morgan fingerprint density at radius 3 is 2.85 bits per heavy atom. The maximum atomic E-state index is 9.00. The Bertz CT molecular complexity index is 541. The molecule has 0 bridgehead atoms. The van der Waals surface area contributed by atoms with Gasteiger partial charge in [-0.25, -0.2) is 4.99 Å². The van der Waals surface area contributed by atoms with Gasteiger partial charge < -0.3 is 10.2 Å². The van der Waals surface area contributed by atoms with Gasteiger partial charge >= 0.3 is 0 Å². The first kappa shape index (κ1) is 14.4. The number of para-hydroxylation sites is 1. The minimum absolute atomic E-state index is 0.0797. The SMILES string of the molecule is Cc1ccccc1N=C(NC#N)N1CCNCC1(C)C. The molecule has 20 heavy (non-hydrogen) atoms. The zero-order valence-corrected chi connectivity index (χ0v) is 12.3. The highest BCUT2D eigenvalue weighted by molar-refractivity contribution is 5.85. The van der Waals surface area contributed by atoms with Gasteiger partial charge in [0.15, 0.2) is 6.19 Å². The molecule has 1 aromatic rings. The van der Waals surface area contributed by atoms with Gasteiger partial charge in [0.2, 0.25) is 5.96 Å². The summed E-state index contributed by atoms with van der Waals surface area (Å²) in [5.74, 6) is 0.619. The van der Waals surface area contributed by atoms with Gasteiger partial charge in [-0.15, -0.1) is 0 Å². The standard InChI is InChI=1S/C15H21N5/c1-12-6-4-5-7-13(12)19-14(18-11-16)20-9-8-17-10-15(20,2)3/h4-7,17H,8-10H2,1-3H3,(H,18,19).